The molecule has 4 aromatic rings. The minimum atomic E-state index is -0.200. The van der Waals surface area contributed by atoms with Crippen LogP contribution in [-0.4, -0.2) is 27.7 Å². The summed E-state index contributed by atoms with van der Waals surface area (Å²) in [5, 5.41) is 4.87. The van der Waals surface area contributed by atoms with Gasteiger partial charge in [-0.2, -0.15) is 0 Å². The summed E-state index contributed by atoms with van der Waals surface area (Å²) < 4.78 is 2.00. The molecule has 0 saturated carbocycles. The third-order valence-electron chi connectivity index (χ3n) is 5.25. The Morgan fingerprint density at radius 3 is 2.61 bits per heavy atom. The number of amides is 2. The lowest BCUT2D eigenvalue weighted by atomic mass is 10.1. The van der Waals surface area contributed by atoms with Crippen LogP contribution in [0.4, 0.5) is 11.4 Å². The Kier molecular flexibility index (Phi) is 5.09. The molecule has 1 fully saturated rings. The lowest BCUT2D eigenvalue weighted by Crippen LogP contribution is -2.23. The van der Waals surface area contributed by atoms with Gasteiger partial charge < -0.3 is 10.2 Å². The predicted octanol–water partition coefficient (Wildman–Crippen LogP) is 4.84. The molecule has 1 saturated heterocycles. The monoisotopic (exact) mass is 428 g/mol. The Morgan fingerprint density at radius 2 is 1.90 bits per heavy atom. The maximum absolute atomic E-state index is 12.3. The van der Waals surface area contributed by atoms with Gasteiger partial charge in [-0.15, -0.1) is 11.3 Å². The molecule has 0 radical (unpaired) electrons. The van der Waals surface area contributed by atoms with Gasteiger partial charge in [0.1, 0.15) is 0 Å². The van der Waals surface area contributed by atoms with Crippen molar-refractivity contribution in [3.05, 3.63) is 77.9 Å². The number of carbonyl (C=O) groups is 2. The number of rotatable bonds is 5. The summed E-state index contributed by atoms with van der Waals surface area (Å²) in [5.74, 6) is -0.0320. The highest BCUT2D eigenvalue weighted by Gasteiger charge is 2.21. The van der Waals surface area contributed by atoms with E-state index in [9.17, 15) is 9.59 Å². The molecule has 0 aliphatic carbocycles. The fourth-order valence-electron chi connectivity index (χ4n) is 3.63. The summed E-state index contributed by atoms with van der Waals surface area (Å²) in [7, 11) is 0. The van der Waals surface area contributed by atoms with Gasteiger partial charge in [-0.1, -0.05) is 24.3 Å². The molecule has 1 aliphatic heterocycles. The Hall–Kier alpha value is -3.71. The van der Waals surface area contributed by atoms with Crippen LogP contribution in [0.15, 0.2) is 72.4 Å². The highest BCUT2D eigenvalue weighted by Crippen LogP contribution is 2.24. The summed E-state index contributed by atoms with van der Waals surface area (Å²) >= 11 is 1.60. The zero-order chi connectivity index (χ0) is 21.2. The molecule has 1 N–H and O–H groups in total. The van der Waals surface area contributed by atoms with Gasteiger partial charge in [0.15, 0.2) is 4.96 Å². The maximum Gasteiger partial charge on any atom is 0.248 e. The third-order valence-corrected chi connectivity index (χ3v) is 6.02. The van der Waals surface area contributed by atoms with Crippen LogP contribution in [0, 0.1) is 0 Å². The van der Waals surface area contributed by atoms with Crippen molar-refractivity contribution in [3.8, 4) is 11.3 Å². The van der Waals surface area contributed by atoms with Crippen molar-refractivity contribution in [2.75, 3.05) is 16.8 Å². The van der Waals surface area contributed by atoms with Crippen LogP contribution in [0.3, 0.4) is 0 Å². The van der Waals surface area contributed by atoms with Crippen molar-refractivity contribution >= 4 is 45.6 Å². The number of hydrogen-bond donors (Lipinski definition) is 1. The molecule has 0 atom stereocenters. The molecule has 0 unspecified atom stereocenters. The average molecular weight is 429 g/mol. The molecule has 1 aliphatic rings. The molecule has 2 aromatic heterocycles. The van der Waals surface area contributed by atoms with Crippen molar-refractivity contribution in [2.45, 2.75) is 12.8 Å². The van der Waals surface area contributed by atoms with E-state index in [1.807, 2.05) is 70.7 Å². The van der Waals surface area contributed by atoms with Gasteiger partial charge in [-0.3, -0.25) is 14.0 Å². The zero-order valence-electron chi connectivity index (χ0n) is 16.7. The average Bonchev–Trinajstić information content (AvgIpc) is 3.50. The Labute approximate surface area is 183 Å². The van der Waals surface area contributed by atoms with Crippen LogP contribution in [0.2, 0.25) is 0 Å². The molecule has 2 aromatic carbocycles. The summed E-state index contributed by atoms with van der Waals surface area (Å²) in [6.45, 7) is 0.772. The summed E-state index contributed by atoms with van der Waals surface area (Å²) in [5.41, 5.74) is 4.44. The smallest absolute Gasteiger partial charge is 0.248 e. The highest BCUT2D eigenvalue weighted by atomic mass is 32.1. The van der Waals surface area contributed by atoms with Crippen LogP contribution in [0.1, 0.15) is 18.4 Å². The molecular formula is C24H20N4O2S. The second-order valence-corrected chi connectivity index (χ2v) is 8.23. The Morgan fingerprint density at radius 1 is 1.10 bits per heavy atom. The van der Waals surface area contributed by atoms with Gasteiger partial charge in [-0.05, 0) is 42.3 Å². The van der Waals surface area contributed by atoms with Crippen LogP contribution in [-0.2, 0) is 9.59 Å². The second kappa shape index (κ2) is 8.20. The Bertz CT molecular complexity index is 1240. The predicted molar refractivity (Wildman–Crippen MR) is 124 cm³/mol. The minimum Gasteiger partial charge on any atom is -0.323 e. The number of thiazole rings is 1. The van der Waals surface area contributed by atoms with Crippen LogP contribution in [0.5, 0.6) is 0 Å². The molecule has 2 amide bonds. The maximum atomic E-state index is 12.3. The number of aromatic nitrogens is 2. The SMILES string of the molecule is O=C(/C=C/c1ccc(N2CCCC2=O)cc1)Nc1ccc(-c2cn3ccsc3n2)cc1. The van der Waals surface area contributed by atoms with E-state index in [-0.39, 0.29) is 11.8 Å². The first-order valence-electron chi connectivity index (χ1n) is 10.1. The summed E-state index contributed by atoms with van der Waals surface area (Å²) in [6.07, 6.45) is 8.76. The van der Waals surface area contributed by atoms with Gasteiger partial charge in [0.2, 0.25) is 11.8 Å². The van der Waals surface area contributed by atoms with Crippen molar-refractivity contribution < 1.29 is 9.59 Å². The van der Waals surface area contributed by atoms with Crippen molar-refractivity contribution in [2.24, 2.45) is 0 Å². The van der Waals surface area contributed by atoms with Crippen LogP contribution >= 0.6 is 11.3 Å². The molecule has 0 spiro atoms. The van der Waals surface area contributed by atoms with Gasteiger partial charge >= 0.3 is 0 Å². The molecular weight excluding hydrogens is 408 g/mol. The fourth-order valence-corrected chi connectivity index (χ4v) is 4.33. The quantitative estimate of drug-likeness (QED) is 0.463. The normalized spacial score (nSPS) is 14.1. The lowest BCUT2D eigenvalue weighted by Gasteiger charge is -2.15. The van der Waals surface area contributed by atoms with Gasteiger partial charge in [0.25, 0.3) is 0 Å². The molecule has 0 bridgehead atoms. The van der Waals surface area contributed by atoms with E-state index in [1.165, 1.54) is 6.08 Å². The zero-order valence-corrected chi connectivity index (χ0v) is 17.5. The van der Waals surface area contributed by atoms with E-state index in [2.05, 4.69) is 10.3 Å². The largest absolute Gasteiger partial charge is 0.323 e. The minimum absolute atomic E-state index is 0.168. The fraction of sp³-hybridized carbons (Fsp3) is 0.125. The molecule has 5 rings (SSSR count). The first-order valence-corrected chi connectivity index (χ1v) is 11.0. The number of fused-ring (bicyclic) bond motifs is 1. The van der Waals surface area contributed by atoms with E-state index >= 15 is 0 Å². The number of hydrogen-bond acceptors (Lipinski definition) is 4. The number of nitrogens with zero attached hydrogens (tertiary/aromatic N) is 3. The first-order chi connectivity index (χ1) is 15.2. The number of anilines is 2. The van der Waals surface area contributed by atoms with Crippen LogP contribution < -0.4 is 10.2 Å². The van der Waals surface area contributed by atoms with Gasteiger partial charge in [-0.25, -0.2) is 4.98 Å². The molecule has 7 heteroatoms. The number of imidazole rings is 1. The molecule has 31 heavy (non-hydrogen) atoms. The highest BCUT2D eigenvalue weighted by molar-refractivity contribution is 7.15. The molecule has 3 heterocycles. The number of carbonyl (C=O) groups excluding carboxylic acids is 2. The van der Waals surface area contributed by atoms with Crippen molar-refractivity contribution in [3.63, 3.8) is 0 Å². The lowest BCUT2D eigenvalue weighted by molar-refractivity contribution is -0.117. The van der Waals surface area contributed by atoms with E-state index in [0.717, 1.165) is 46.1 Å². The summed E-state index contributed by atoms with van der Waals surface area (Å²) in [4.78, 5) is 31.5. The standard InChI is InChI=1S/C24H20N4O2S/c29-22(12-5-17-3-10-20(11-4-17)28-13-1-2-23(28)30)25-19-8-6-18(7-9-19)21-16-27-14-15-31-24(27)26-21/h3-12,14-16H,1-2,13H2,(H,25,29)/b12-5+. The number of nitrogens with one attached hydrogen (secondary N) is 1. The van der Waals surface area contributed by atoms with E-state index in [4.69, 9.17) is 0 Å². The molecule has 6 nitrogen and oxygen atoms in total. The molecule has 154 valence electrons. The van der Waals surface area contributed by atoms with Gasteiger partial charge in [0, 0.05) is 53.8 Å². The second-order valence-electron chi connectivity index (χ2n) is 7.36. The number of benzene rings is 2. The topological polar surface area (TPSA) is 66.7 Å². The summed E-state index contributed by atoms with van der Waals surface area (Å²) in [6, 6.07) is 15.3. The van der Waals surface area contributed by atoms with Crippen molar-refractivity contribution in [1.29, 1.82) is 0 Å². The van der Waals surface area contributed by atoms with E-state index < -0.39 is 0 Å². The van der Waals surface area contributed by atoms with Gasteiger partial charge in [0.05, 0.1) is 5.69 Å². The van der Waals surface area contributed by atoms with E-state index in [0.29, 0.717) is 6.42 Å². The van der Waals surface area contributed by atoms with Crippen molar-refractivity contribution in [1.82, 2.24) is 9.38 Å². The van der Waals surface area contributed by atoms with Crippen LogP contribution in [0.25, 0.3) is 22.3 Å². The first kappa shape index (κ1) is 19.3. The third kappa shape index (κ3) is 4.13. The Balaban J connectivity index is 1.20. The van der Waals surface area contributed by atoms with E-state index in [1.54, 1.807) is 22.3 Å².